The van der Waals surface area contributed by atoms with Gasteiger partial charge in [-0.2, -0.15) is 0 Å². The van der Waals surface area contributed by atoms with E-state index in [0.29, 0.717) is 17.4 Å². The molecule has 0 spiro atoms. The molecule has 0 unspecified atom stereocenters. The molecule has 0 radical (unpaired) electrons. The third-order valence-electron chi connectivity index (χ3n) is 6.13. The van der Waals surface area contributed by atoms with Crippen molar-refractivity contribution >= 4 is 11.6 Å². The van der Waals surface area contributed by atoms with E-state index in [2.05, 4.69) is 39.0 Å². The van der Waals surface area contributed by atoms with Gasteiger partial charge in [-0.1, -0.05) is 54.1 Å². The van der Waals surface area contributed by atoms with E-state index in [-0.39, 0.29) is 5.41 Å². The second-order valence-corrected chi connectivity index (χ2v) is 8.54. The Labute approximate surface area is 192 Å². The van der Waals surface area contributed by atoms with Gasteiger partial charge in [-0.15, -0.1) is 10.2 Å². The van der Waals surface area contributed by atoms with Gasteiger partial charge in [-0.3, -0.25) is 0 Å². The van der Waals surface area contributed by atoms with Crippen LogP contribution in [0.3, 0.4) is 0 Å². The summed E-state index contributed by atoms with van der Waals surface area (Å²) in [4.78, 5) is 0. The lowest BCUT2D eigenvalue weighted by molar-refractivity contribution is 0.306. The molecule has 1 aliphatic rings. The molecular weight excluding hydrogens is 422 g/mol. The largest absolute Gasteiger partial charge is 0.497 e. The summed E-state index contributed by atoms with van der Waals surface area (Å²) in [5.41, 5.74) is 3.14. The number of ether oxygens (including phenoxy) is 2. The zero-order chi connectivity index (χ0) is 22.1. The molecule has 5 rings (SSSR count). The number of methoxy groups -OCH3 is 1. The molecule has 0 aliphatic heterocycles. The highest BCUT2D eigenvalue weighted by Crippen LogP contribution is 2.53. The number of rotatable bonds is 7. The van der Waals surface area contributed by atoms with Crippen molar-refractivity contribution in [1.29, 1.82) is 0 Å². The molecule has 0 saturated heterocycles. The number of nitrogens with zero attached hydrogens (tertiary/aromatic N) is 3. The van der Waals surface area contributed by atoms with Crippen LogP contribution in [-0.2, 0) is 19.1 Å². The van der Waals surface area contributed by atoms with Crippen LogP contribution < -0.4 is 9.47 Å². The second-order valence-electron chi connectivity index (χ2n) is 8.13. The number of hydrogen-bond donors (Lipinski definition) is 0. The zero-order valence-corrected chi connectivity index (χ0v) is 18.8. The van der Waals surface area contributed by atoms with Gasteiger partial charge in [0.1, 0.15) is 23.9 Å². The molecule has 0 N–H and O–H groups in total. The van der Waals surface area contributed by atoms with Gasteiger partial charge in [-0.05, 0) is 54.3 Å². The molecule has 1 aromatic heterocycles. The van der Waals surface area contributed by atoms with Crippen LogP contribution in [0.25, 0.3) is 11.4 Å². The van der Waals surface area contributed by atoms with Crippen LogP contribution in [0.4, 0.5) is 0 Å². The van der Waals surface area contributed by atoms with Crippen molar-refractivity contribution in [1.82, 2.24) is 14.8 Å². The van der Waals surface area contributed by atoms with Crippen LogP contribution in [0.5, 0.6) is 11.5 Å². The summed E-state index contributed by atoms with van der Waals surface area (Å²) in [6, 6.07) is 24.0. The monoisotopic (exact) mass is 445 g/mol. The van der Waals surface area contributed by atoms with Crippen LogP contribution >= 0.6 is 11.6 Å². The van der Waals surface area contributed by atoms with Crippen LogP contribution in [0, 0.1) is 0 Å². The first-order valence-corrected chi connectivity index (χ1v) is 11.0. The number of halogens is 1. The van der Waals surface area contributed by atoms with E-state index in [1.807, 2.05) is 55.6 Å². The molecule has 1 saturated carbocycles. The molecule has 0 atom stereocenters. The highest BCUT2D eigenvalue weighted by molar-refractivity contribution is 6.33. The van der Waals surface area contributed by atoms with Gasteiger partial charge in [-0.25, -0.2) is 0 Å². The SMILES string of the molecule is COc1ccc(COc2ccc(-c3nnc(C4(c5ccccc5)CC4)n3C)c(Cl)c2)cc1. The summed E-state index contributed by atoms with van der Waals surface area (Å²) >= 11 is 6.64. The summed E-state index contributed by atoms with van der Waals surface area (Å²) < 4.78 is 13.2. The second kappa shape index (κ2) is 8.32. The van der Waals surface area contributed by atoms with Gasteiger partial charge in [0, 0.05) is 12.6 Å². The first kappa shape index (κ1) is 20.6. The van der Waals surface area contributed by atoms with E-state index in [1.54, 1.807) is 7.11 Å². The van der Waals surface area contributed by atoms with Gasteiger partial charge >= 0.3 is 0 Å². The molecule has 0 amide bonds. The van der Waals surface area contributed by atoms with Crippen LogP contribution in [0.1, 0.15) is 29.8 Å². The standard InChI is InChI=1S/C26H24ClN3O2/c1-30-24(28-29-25(30)26(14-15-26)19-6-4-3-5-7-19)22-13-12-21(16-23(22)27)32-17-18-8-10-20(31-2)11-9-18/h3-13,16H,14-15,17H2,1-2H3. The van der Waals surface area contributed by atoms with Crippen molar-refractivity contribution in [3.05, 3.63) is 94.8 Å². The predicted molar refractivity (Wildman–Crippen MR) is 125 cm³/mol. The zero-order valence-electron chi connectivity index (χ0n) is 18.1. The molecule has 5 nitrogen and oxygen atoms in total. The molecule has 1 fully saturated rings. The van der Waals surface area contributed by atoms with Crippen LogP contribution in [-0.4, -0.2) is 21.9 Å². The highest BCUT2D eigenvalue weighted by atomic mass is 35.5. The minimum Gasteiger partial charge on any atom is -0.497 e. The molecule has 0 bridgehead atoms. The number of hydrogen-bond acceptors (Lipinski definition) is 4. The maximum atomic E-state index is 6.64. The smallest absolute Gasteiger partial charge is 0.165 e. The van der Waals surface area contributed by atoms with Gasteiger partial charge in [0.05, 0.1) is 17.5 Å². The van der Waals surface area contributed by atoms with Crippen LogP contribution in [0.2, 0.25) is 5.02 Å². The first-order valence-electron chi connectivity index (χ1n) is 10.6. The normalized spacial score (nSPS) is 14.2. The van der Waals surface area contributed by atoms with E-state index >= 15 is 0 Å². The average molecular weight is 446 g/mol. The molecule has 1 heterocycles. The van der Waals surface area contributed by atoms with Gasteiger partial charge in [0.15, 0.2) is 5.82 Å². The molecule has 32 heavy (non-hydrogen) atoms. The Morgan fingerprint density at radius 1 is 0.938 bits per heavy atom. The Kier molecular flexibility index (Phi) is 5.35. The molecule has 162 valence electrons. The topological polar surface area (TPSA) is 49.2 Å². The molecule has 3 aromatic carbocycles. The van der Waals surface area contributed by atoms with Gasteiger partial charge < -0.3 is 14.0 Å². The third kappa shape index (κ3) is 3.73. The maximum absolute atomic E-state index is 6.64. The average Bonchev–Trinajstić information content (AvgIpc) is 3.55. The quantitative estimate of drug-likeness (QED) is 0.360. The fourth-order valence-electron chi connectivity index (χ4n) is 4.16. The summed E-state index contributed by atoms with van der Waals surface area (Å²) in [5, 5.41) is 9.65. The van der Waals surface area contributed by atoms with E-state index in [9.17, 15) is 0 Å². The lowest BCUT2D eigenvalue weighted by atomic mass is 9.95. The molecular formula is C26H24ClN3O2. The van der Waals surface area contributed by atoms with E-state index in [0.717, 1.165) is 41.4 Å². The fourth-order valence-corrected chi connectivity index (χ4v) is 4.41. The van der Waals surface area contributed by atoms with Crippen molar-refractivity contribution in [3.63, 3.8) is 0 Å². The van der Waals surface area contributed by atoms with E-state index in [4.69, 9.17) is 21.1 Å². The Morgan fingerprint density at radius 3 is 2.31 bits per heavy atom. The van der Waals surface area contributed by atoms with E-state index < -0.39 is 0 Å². The molecule has 6 heteroatoms. The minimum atomic E-state index is -0.0465. The summed E-state index contributed by atoms with van der Waals surface area (Å²) in [5.74, 6) is 3.27. The van der Waals surface area contributed by atoms with Crippen molar-refractivity contribution < 1.29 is 9.47 Å². The Balaban J connectivity index is 1.36. The minimum absolute atomic E-state index is 0.0465. The summed E-state index contributed by atoms with van der Waals surface area (Å²) in [7, 11) is 3.67. The highest BCUT2D eigenvalue weighted by Gasteiger charge is 2.49. The van der Waals surface area contributed by atoms with Gasteiger partial charge in [0.25, 0.3) is 0 Å². The number of benzene rings is 3. The Morgan fingerprint density at radius 2 is 1.66 bits per heavy atom. The summed E-state index contributed by atoms with van der Waals surface area (Å²) in [6.07, 6.45) is 2.16. The first-order chi connectivity index (χ1) is 15.6. The van der Waals surface area contributed by atoms with Gasteiger partial charge in [0.2, 0.25) is 0 Å². The van der Waals surface area contributed by atoms with Crippen molar-refractivity contribution in [2.45, 2.75) is 24.9 Å². The predicted octanol–water partition coefficient (Wildman–Crippen LogP) is 5.80. The Bertz CT molecular complexity index is 1230. The van der Waals surface area contributed by atoms with E-state index in [1.165, 1.54) is 5.56 Å². The molecule has 1 aliphatic carbocycles. The van der Waals surface area contributed by atoms with Crippen molar-refractivity contribution in [2.24, 2.45) is 7.05 Å². The molecule has 4 aromatic rings. The van der Waals surface area contributed by atoms with Crippen molar-refractivity contribution in [2.75, 3.05) is 7.11 Å². The van der Waals surface area contributed by atoms with Crippen LogP contribution in [0.15, 0.2) is 72.8 Å². The lowest BCUT2D eigenvalue weighted by Crippen LogP contribution is -2.15. The summed E-state index contributed by atoms with van der Waals surface area (Å²) in [6.45, 7) is 0.452. The lowest BCUT2D eigenvalue weighted by Gasteiger charge is -2.15. The van der Waals surface area contributed by atoms with Crippen molar-refractivity contribution in [3.8, 4) is 22.9 Å². The Hall–Kier alpha value is -3.31. The fraction of sp³-hybridized carbons (Fsp3) is 0.231. The maximum Gasteiger partial charge on any atom is 0.165 e. The number of aromatic nitrogens is 3. The third-order valence-corrected chi connectivity index (χ3v) is 6.44.